The lowest BCUT2D eigenvalue weighted by atomic mass is 9.65. The average Bonchev–Trinajstić information content (AvgIpc) is 2.55. The number of carbonyl (C=O) groups excluding carboxylic acids is 1. The third-order valence-corrected chi connectivity index (χ3v) is 5.85. The summed E-state index contributed by atoms with van der Waals surface area (Å²) in [5.74, 6) is 2.38. The summed E-state index contributed by atoms with van der Waals surface area (Å²) in [4.78, 5) is 14.6. The van der Waals surface area contributed by atoms with E-state index in [-0.39, 0.29) is 11.8 Å². The van der Waals surface area contributed by atoms with Crippen molar-refractivity contribution in [2.45, 2.75) is 45.1 Å². The maximum atomic E-state index is 12.8. The zero-order valence-corrected chi connectivity index (χ0v) is 14.9. The largest absolute Gasteiger partial charge is 0.492 e. The molecule has 0 radical (unpaired) electrons. The van der Waals surface area contributed by atoms with E-state index >= 15 is 0 Å². The predicted molar refractivity (Wildman–Crippen MR) is 95.8 cm³/mol. The number of benzene rings is 1. The Labute approximate surface area is 145 Å². The molecule has 4 nitrogen and oxygen atoms in total. The van der Waals surface area contributed by atoms with Crippen LogP contribution in [0.1, 0.15) is 37.7 Å². The van der Waals surface area contributed by atoms with Crippen LogP contribution in [0.15, 0.2) is 24.3 Å². The van der Waals surface area contributed by atoms with Crippen LogP contribution in [0, 0.1) is 24.7 Å². The van der Waals surface area contributed by atoms with E-state index in [2.05, 4.69) is 6.92 Å². The minimum atomic E-state index is 0.157. The van der Waals surface area contributed by atoms with E-state index in [0.717, 1.165) is 18.6 Å². The van der Waals surface area contributed by atoms with Crippen molar-refractivity contribution in [3.05, 3.63) is 29.8 Å². The van der Waals surface area contributed by atoms with Gasteiger partial charge in [-0.2, -0.15) is 0 Å². The van der Waals surface area contributed by atoms with Crippen LogP contribution in [0.3, 0.4) is 0 Å². The van der Waals surface area contributed by atoms with Gasteiger partial charge in [0.05, 0.1) is 6.54 Å². The summed E-state index contributed by atoms with van der Waals surface area (Å²) in [5.41, 5.74) is 7.55. The molecule has 2 aliphatic rings. The van der Waals surface area contributed by atoms with Gasteiger partial charge in [-0.25, -0.2) is 0 Å². The van der Waals surface area contributed by atoms with Gasteiger partial charge in [0.25, 0.3) is 0 Å². The Balaban J connectivity index is 1.47. The lowest BCUT2D eigenvalue weighted by molar-refractivity contribution is -0.137. The van der Waals surface area contributed by atoms with Crippen molar-refractivity contribution < 1.29 is 9.53 Å². The maximum absolute atomic E-state index is 12.8. The van der Waals surface area contributed by atoms with Crippen LogP contribution in [-0.4, -0.2) is 37.0 Å². The average molecular weight is 330 g/mol. The number of nitrogens with two attached hydrogens (primary N) is 1. The molecule has 2 saturated carbocycles. The summed E-state index contributed by atoms with van der Waals surface area (Å²) >= 11 is 0. The van der Waals surface area contributed by atoms with Crippen LogP contribution in [-0.2, 0) is 4.79 Å². The van der Waals surface area contributed by atoms with Crippen LogP contribution in [0.4, 0.5) is 0 Å². The van der Waals surface area contributed by atoms with Crippen LogP contribution in [0.5, 0.6) is 5.75 Å². The third-order valence-electron chi connectivity index (χ3n) is 5.85. The highest BCUT2D eigenvalue weighted by Gasteiger charge is 2.41. The minimum absolute atomic E-state index is 0.157. The molecule has 1 amide bonds. The van der Waals surface area contributed by atoms with Crippen LogP contribution >= 0.6 is 0 Å². The number of nitrogens with zero attached hydrogens (tertiary/aromatic N) is 1. The van der Waals surface area contributed by atoms with Gasteiger partial charge in [0.15, 0.2) is 0 Å². The molecule has 2 unspecified atom stereocenters. The lowest BCUT2D eigenvalue weighted by Crippen LogP contribution is -2.49. The number of rotatable bonds is 5. The second-order valence-corrected chi connectivity index (χ2v) is 7.62. The van der Waals surface area contributed by atoms with Crippen molar-refractivity contribution in [2.75, 3.05) is 20.2 Å². The van der Waals surface area contributed by atoms with E-state index < -0.39 is 0 Å². The summed E-state index contributed by atoms with van der Waals surface area (Å²) < 4.78 is 5.75. The Morgan fingerprint density at radius 1 is 1.21 bits per heavy atom. The van der Waals surface area contributed by atoms with Gasteiger partial charge < -0.3 is 15.4 Å². The van der Waals surface area contributed by atoms with Gasteiger partial charge in [0.1, 0.15) is 12.4 Å². The molecule has 2 bridgehead atoms. The normalized spacial score (nSPS) is 29.1. The molecule has 3 rings (SSSR count). The summed E-state index contributed by atoms with van der Waals surface area (Å²) in [6, 6.07) is 8.34. The van der Waals surface area contributed by atoms with E-state index in [9.17, 15) is 4.79 Å². The summed E-state index contributed by atoms with van der Waals surface area (Å²) in [6.07, 6.45) is 5.62. The first kappa shape index (κ1) is 17.3. The molecule has 132 valence electrons. The number of likely N-dealkylation sites (N-methyl/N-ethyl adjacent to an activating group) is 1. The Morgan fingerprint density at radius 3 is 2.46 bits per heavy atom. The lowest BCUT2D eigenvalue weighted by Gasteiger charge is -2.44. The maximum Gasteiger partial charge on any atom is 0.225 e. The van der Waals surface area contributed by atoms with E-state index in [4.69, 9.17) is 10.5 Å². The summed E-state index contributed by atoms with van der Waals surface area (Å²) in [7, 11) is 1.89. The van der Waals surface area contributed by atoms with Gasteiger partial charge in [-0.15, -0.1) is 0 Å². The molecular formula is C20H30N2O2. The number of fused-ring (bicyclic) bond motifs is 2. The number of amides is 1. The fourth-order valence-corrected chi connectivity index (χ4v) is 4.35. The zero-order valence-electron chi connectivity index (χ0n) is 14.9. The van der Waals surface area contributed by atoms with Crippen LogP contribution in [0.2, 0.25) is 0 Å². The molecule has 0 saturated heterocycles. The van der Waals surface area contributed by atoms with E-state index in [1.807, 2.05) is 36.2 Å². The molecule has 0 aromatic heterocycles. The van der Waals surface area contributed by atoms with Gasteiger partial charge in [-0.1, -0.05) is 24.1 Å². The van der Waals surface area contributed by atoms with Crippen molar-refractivity contribution in [2.24, 2.45) is 23.5 Å². The molecule has 0 spiro atoms. The first-order chi connectivity index (χ1) is 11.5. The Hall–Kier alpha value is -1.55. The molecule has 0 heterocycles. The van der Waals surface area contributed by atoms with E-state index in [0.29, 0.717) is 31.0 Å². The smallest absolute Gasteiger partial charge is 0.225 e. The molecule has 2 aliphatic carbocycles. The molecule has 2 atom stereocenters. The van der Waals surface area contributed by atoms with Gasteiger partial charge in [0, 0.05) is 19.0 Å². The Kier molecular flexibility index (Phi) is 5.44. The molecule has 24 heavy (non-hydrogen) atoms. The second-order valence-electron chi connectivity index (χ2n) is 7.62. The minimum Gasteiger partial charge on any atom is -0.492 e. The molecule has 0 aliphatic heterocycles. The van der Waals surface area contributed by atoms with Gasteiger partial charge >= 0.3 is 0 Å². The second kappa shape index (κ2) is 7.56. The molecule has 2 fully saturated rings. The Morgan fingerprint density at radius 2 is 1.83 bits per heavy atom. The van der Waals surface area contributed by atoms with Crippen molar-refractivity contribution in [3.8, 4) is 5.75 Å². The third kappa shape index (κ3) is 3.92. The Bertz CT molecular complexity index is 543. The molecule has 2 N–H and O–H groups in total. The highest BCUT2D eigenvalue weighted by atomic mass is 16.5. The van der Waals surface area contributed by atoms with Gasteiger partial charge in [-0.3, -0.25) is 4.79 Å². The van der Waals surface area contributed by atoms with E-state index in [1.165, 1.54) is 24.8 Å². The quantitative estimate of drug-likeness (QED) is 0.903. The van der Waals surface area contributed by atoms with Crippen LogP contribution < -0.4 is 10.5 Å². The number of aryl methyl sites for hydroxylation is 1. The standard InChI is InChI=1S/C20H30N2O2/c1-14-6-8-18(9-7-14)24-11-10-22(2)20(23)17-12-15-4-3-5-16(13-17)19(15)21/h6-9,15-17,19H,3-5,10-13,21H2,1-2H3. The highest BCUT2D eigenvalue weighted by Crippen LogP contribution is 2.42. The van der Waals surface area contributed by atoms with Crippen molar-refractivity contribution in [1.82, 2.24) is 4.90 Å². The number of hydrogen-bond acceptors (Lipinski definition) is 3. The van der Waals surface area contributed by atoms with Crippen molar-refractivity contribution in [3.63, 3.8) is 0 Å². The van der Waals surface area contributed by atoms with Gasteiger partial charge in [0.2, 0.25) is 5.91 Å². The highest BCUT2D eigenvalue weighted by molar-refractivity contribution is 5.78. The summed E-state index contributed by atoms with van der Waals surface area (Å²) in [6.45, 7) is 3.22. The zero-order chi connectivity index (χ0) is 17.1. The summed E-state index contributed by atoms with van der Waals surface area (Å²) in [5, 5.41) is 0. The molecule has 1 aromatic carbocycles. The van der Waals surface area contributed by atoms with Crippen molar-refractivity contribution in [1.29, 1.82) is 0 Å². The monoisotopic (exact) mass is 330 g/mol. The van der Waals surface area contributed by atoms with Gasteiger partial charge in [-0.05, 0) is 56.6 Å². The molecule has 1 aromatic rings. The number of ether oxygens (including phenoxy) is 1. The fraction of sp³-hybridized carbons (Fsp3) is 0.650. The fourth-order valence-electron chi connectivity index (χ4n) is 4.35. The predicted octanol–water partition coefficient (Wildman–Crippen LogP) is 2.99. The topological polar surface area (TPSA) is 55.6 Å². The number of hydrogen-bond donors (Lipinski definition) is 1. The first-order valence-corrected chi connectivity index (χ1v) is 9.24. The van der Waals surface area contributed by atoms with Crippen molar-refractivity contribution >= 4 is 5.91 Å². The first-order valence-electron chi connectivity index (χ1n) is 9.24. The number of carbonyl (C=O) groups is 1. The van der Waals surface area contributed by atoms with E-state index in [1.54, 1.807) is 0 Å². The van der Waals surface area contributed by atoms with Crippen LogP contribution in [0.25, 0.3) is 0 Å². The molecular weight excluding hydrogens is 300 g/mol. The SMILES string of the molecule is Cc1ccc(OCCN(C)C(=O)C2CC3CCCC(C2)C3N)cc1. The molecule has 4 heteroatoms.